The molecule has 4 nitrogen and oxygen atoms in total. The Morgan fingerprint density at radius 2 is 2.43 bits per heavy atom. The van der Waals surface area contributed by atoms with Gasteiger partial charge in [0.25, 0.3) is 0 Å². The second kappa shape index (κ2) is 4.09. The van der Waals surface area contributed by atoms with Crippen molar-refractivity contribution < 1.29 is 5.11 Å². The molecule has 0 aromatic carbocycles. The first-order chi connectivity index (χ1) is 6.83. The minimum Gasteiger partial charge on any atom is -0.396 e. The number of hydrogen-bond acceptors (Lipinski definition) is 3. The number of aromatic nitrogens is 3. The molecule has 0 saturated carbocycles. The normalized spacial score (nSPS) is 20.9. The lowest BCUT2D eigenvalue weighted by Crippen LogP contribution is -2.22. The maximum atomic E-state index is 9.07. The second-order valence-electron chi connectivity index (χ2n) is 3.96. The first kappa shape index (κ1) is 9.65. The van der Waals surface area contributed by atoms with E-state index in [2.05, 4.69) is 17.0 Å². The highest BCUT2D eigenvalue weighted by Gasteiger charge is 2.20. The predicted octanol–water partition coefficient (Wildman–Crippen LogP) is 0.785. The van der Waals surface area contributed by atoms with E-state index in [1.807, 2.05) is 4.68 Å². The van der Waals surface area contributed by atoms with Crippen LogP contribution in [-0.4, -0.2) is 26.5 Å². The largest absolute Gasteiger partial charge is 0.396 e. The summed E-state index contributed by atoms with van der Waals surface area (Å²) < 4.78 is 2.00. The van der Waals surface area contributed by atoms with Gasteiger partial charge in [0.15, 0.2) is 5.82 Å². The predicted molar refractivity (Wildman–Crippen MR) is 52.9 cm³/mol. The summed E-state index contributed by atoms with van der Waals surface area (Å²) in [5, 5.41) is 13.5. The first-order valence-corrected chi connectivity index (χ1v) is 5.37. The van der Waals surface area contributed by atoms with Crippen LogP contribution in [0.5, 0.6) is 0 Å². The molecule has 1 unspecified atom stereocenters. The Morgan fingerprint density at radius 1 is 1.57 bits per heavy atom. The quantitative estimate of drug-likeness (QED) is 0.775. The highest BCUT2D eigenvalue weighted by Crippen LogP contribution is 2.18. The first-order valence-electron chi connectivity index (χ1n) is 5.37. The van der Waals surface area contributed by atoms with Crippen LogP contribution in [0.3, 0.4) is 0 Å². The van der Waals surface area contributed by atoms with Crippen molar-refractivity contribution >= 4 is 0 Å². The van der Waals surface area contributed by atoms with Gasteiger partial charge in [-0.25, -0.2) is 9.67 Å². The van der Waals surface area contributed by atoms with Crippen molar-refractivity contribution in [1.29, 1.82) is 0 Å². The third-order valence-corrected chi connectivity index (χ3v) is 2.74. The average molecular weight is 195 g/mol. The van der Waals surface area contributed by atoms with Crippen LogP contribution in [0, 0.1) is 5.92 Å². The molecular weight excluding hydrogens is 178 g/mol. The lowest BCUT2D eigenvalue weighted by atomic mass is 9.99. The Bertz CT molecular complexity index is 308. The molecule has 2 heterocycles. The molecule has 0 saturated heterocycles. The van der Waals surface area contributed by atoms with Crippen LogP contribution in [0.25, 0.3) is 0 Å². The SMILES string of the molecule is CCCc1nc2n(n1)CCC(CO)C2. The Hall–Kier alpha value is -0.900. The van der Waals surface area contributed by atoms with E-state index in [1.165, 1.54) is 0 Å². The number of fused-ring (bicyclic) bond motifs is 1. The zero-order chi connectivity index (χ0) is 9.97. The van der Waals surface area contributed by atoms with Crippen molar-refractivity contribution in [3.05, 3.63) is 11.6 Å². The van der Waals surface area contributed by atoms with E-state index in [0.717, 1.165) is 43.9 Å². The molecule has 1 aromatic rings. The topological polar surface area (TPSA) is 50.9 Å². The zero-order valence-corrected chi connectivity index (χ0v) is 8.61. The van der Waals surface area contributed by atoms with Crippen molar-refractivity contribution in [2.24, 2.45) is 5.92 Å². The Morgan fingerprint density at radius 3 is 3.14 bits per heavy atom. The molecule has 2 rings (SSSR count). The molecule has 1 N–H and O–H groups in total. The Kier molecular flexibility index (Phi) is 2.82. The number of aliphatic hydroxyl groups is 1. The molecular formula is C10H17N3O. The Balaban J connectivity index is 2.12. The van der Waals surface area contributed by atoms with Gasteiger partial charge in [-0.1, -0.05) is 6.92 Å². The van der Waals surface area contributed by atoms with Crippen molar-refractivity contribution in [1.82, 2.24) is 14.8 Å². The molecule has 0 fully saturated rings. The molecule has 0 bridgehead atoms. The Labute approximate surface area is 84.0 Å². The fourth-order valence-corrected chi connectivity index (χ4v) is 1.91. The molecule has 14 heavy (non-hydrogen) atoms. The third kappa shape index (κ3) is 1.80. The highest BCUT2D eigenvalue weighted by molar-refractivity contribution is 4.97. The maximum Gasteiger partial charge on any atom is 0.150 e. The van der Waals surface area contributed by atoms with Crippen LogP contribution in [-0.2, 0) is 19.4 Å². The van der Waals surface area contributed by atoms with E-state index < -0.39 is 0 Å². The van der Waals surface area contributed by atoms with Crippen molar-refractivity contribution in [2.75, 3.05) is 6.61 Å². The van der Waals surface area contributed by atoms with Gasteiger partial charge in [0.1, 0.15) is 5.82 Å². The molecule has 1 aromatic heterocycles. The van der Waals surface area contributed by atoms with Gasteiger partial charge in [0.2, 0.25) is 0 Å². The van der Waals surface area contributed by atoms with Crippen LogP contribution < -0.4 is 0 Å². The van der Waals surface area contributed by atoms with Crippen LogP contribution >= 0.6 is 0 Å². The minimum atomic E-state index is 0.274. The van der Waals surface area contributed by atoms with E-state index in [9.17, 15) is 0 Å². The van der Waals surface area contributed by atoms with Crippen LogP contribution in [0.1, 0.15) is 31.4 Å². The lowest BCUT2D eigenvalue weighted by Gasteiger charge is -2.19. The van der Waals surface area contributed by atoms with E-state index in [0.29, 0.717) is 5.92 Å². The summed E-state index contributed by atoms with van der Waals surface area (Å²) in [7, 11) is 0. The summed E-state index contributed by atoms with van der Waals surface area (Å²) in [5.74, 6) is 2.40. The van der Waals surface area contributed by atoms with E-state index >= 15 is 0 Å². The van der Waals surface area contributed by atoms with Gasteiger partial charge >= 0.3 is 0 Å². The van der Waals surface area contributed by atoms with Gasteiger partial charge in [-0.15, -0.1) is 0 Å². The van der Waals surface area contributed by atoms with Gasteiger partial charge in [-0.05, 0) is 18.8 Å². The number of hydrogen-bond donors (Lipinski definition) is 1. The summed E-state index contributed by atoms with van der Waals surface area (Å²) in [5.41, 5.74) is 0. The smallest absolute Gasteiger partial charge is 0.150 e. The van der Waals surface area contributed by atoms with Gasteiger partial charge in [0.05, 0.1) is 0 Å². The molecule has 78 valence electrons. The lowest BCUT2D eigenvalue weighted by molar-refractivity contribution is 0.196. The molecule has 1 atom stereocenters. The molecule has 0 amide bonds. The van der Waals surface area contributed by atoms with Crippen LogP contribution in [0.15, 0.2) is 0 Å². The fourth-order valence-electron chi connectivity index (χ4n) is 1.91. The molecule has 0 radical (unpaired) electrons. The second-order valence-corrected chi connectivity index (χ2v) is 3.96. The monoisotopic (exact) mass is 195 g/mol. The number of rotatable bonds is 3. The van der Waals surface area contributed by atoms with Crippen molar-refractivity contribution in [2.45, 2.75) is 39.2 Å². The van der Waals surface area contributed by atoms with Gasteiger partial charge in [0, 0.05) is 26.0 Å². The molecule has 0 aliphatic carbocycles. The summed E-state index contributed by atoms with van der Waals surface area (Å²) in [6, 6.07) is 0. The van der Waals surface area contributed by atoms with E-state index in [1.54, 1.807) is 0 Å². The number of nitrogens with zero attached hydrogens (tertiary/aromatic N) is 3. The number of aliphatic hydroxyl groups excluding tert-OH is 1. The van der Waals surface area contributed by atoms with Crippen molar-refractivity contribution in [3.63, 3.8) is 0 Å². The zero-order valence-electron chi connectivity index (χ0n) is 8.61. The summed E-state index contributed by atoms with van der Waals surface area (Å²) in [4.78, 5) is 4.48. The van der Waals surface area contributed by atoms with Gasteiger partial charge in [-0.3, -0.25) is 0 Å². The minimum absolute atomic E-state index is 0.274. The van der Waals surface area contributed by atoms with E-state index in [4.69, 9.17) is 5.11 Å². The highest BCUT2D eigenvalue weighted by atomic mass is 16.3. The summed E-state index contributed by atoms with van der Waals surface area (Å²) in [6.45, 7) is 3.32. The molecule has 4 heteroatoms. The van der Waals surface area contributed by atoms with Crippen molar-refractivity contribution in [3.8, 4) is 0 Å². The number of aryl methyl sites for hydroxylation is 2. The molecule has 1 aliphatic rings. The fraction of sp³-hybridized carbons (Fsp3) is 0.800. The van der Waals surface area contributed by atoms with Gasteiger partial charge in [-0.2, -0.15) is 5.10 Å². The summed E-state index contributed by atoms with van der Waals surface area (Å²) in [6.07, 6.45) is 3.96. The van der Waals surface area contributed by atoms with Gasteiger partial charge < -0.3 is 5.11 Å². The molecule has 1 aliphatic heterocycles. The maximum absolute atomic E-state index is 9.07. The standard InChI is InChI=1S/C10H17N3O/c1-2-3-9-11-10-6-8(7-14)4-5-13(10)12-9/h8,14H,2-7H2,1H3. The van der Waals surface area contributed by atoms with E-state index in [-0.39, 0.29) is 6.61 Å². The molecule has 0 spiro atoms. The third-order valence-electron chi connectivity index (χ3n) is 2.74. The van der Waals surface area contributed by atoms with Crippen LogP contribution in [0.2, 0.25) is 0 Å². The van der Waals surface area contributed by atoms with Crippen LogP contribution in [0.4, 0.5) is 0 Å². The average Bonchev–Trinajstić information content (AvgIpc) is 2.59. The summed E-state index contributed by atoms with van der Waals surface area (Å²) >= 11 is 0.